The smallest absolute Gasteiger partial charge is 0.321 e. The van der Waals surface area contributed by atoms with E-state index in [1.807, 2.05) is 0 Å². The molecule has 1 aromatic carbocycles. The Bertz CT molecular complexity index is 480. The van der Waals surface area contributed by atoms with Crippen molar-refractivity contribution in [2.45, 2.75) is 18.9 Å². The number of urea groups is 1. The van der Waals surface area contributed by atoms with E-state index in [9.17, 15) is 14.3 Å². The van der Waals surface area contributed by atoms with Crippen molar-refractivity contribution in [2.24, 2.45) is 5.92 Å². The Balaban J connectivity index is 1.90. The molecule has 6 heteroatoms. The second kappa shape index (κ2) is 5.75. The van der Waals surface area contributed by atoms with Crippen LogP contribution in [0.4, 0.5) is 14.9 Å². The van der Waals surface area contributed by atoms with Crippen molar-refractivity contribution in [2.75, 3.05) is 18.9 Å². The molecule has 1 fully saturated rings. The van der Waals surface area contributed by atoms with E-state index in [-0.39, 0.29) is 17.6 Å². The van der Waals surface area contributed by atoms with E-state index in [0.29, 0.717) is 11.6 Å². The first-order valence-corrected chi connectivity index (χ1v) is 6.50. The zero-order valence-corrected chi connectivity index (χ0v) is 11.3. The fraction of sp³-hybridized carbons (Fsp3) is 0.462. The molecule has 0 aliphatic heterocycles. The molecule has 1 aromatic rings. The molecule has 0 saturated heterocycles. The van der Waals surface area contributed by atoms with Crippen molar-refractivity contribution in [3.05, 3.63) is 29.0 Å². The Morgan fingerprint density at radius 3 is 2.89 bits per heavy atom. The van der Waals surface area contributed by atoms with E-state index in [1.165, 1.54) is 23.1 Å². The van der Waals surface area contributed by atoms with Crippen molar-refractivity contribution >= 4 is 23.3 Å². The molecular formula is C13H16ClFN2O2. The lowest BCUT2D eigenvalue weighted by Crippen LogP contribution is -2.38. The molecule has 2 rings (SSSR count). The van der Waals surface area contributed by atoms with Crippen LogP contribution in [0, 0.1) is 11.7 Å². The first kappa shape index (κ1) is 14.1. The van der Waals surface area contributed by atoms with Gasteiger partial charge in [-0.1, -0.05) is 11.6 Å². The van der Waals surface area contributed by atoms with Gasteiger partial charge in [0.25, 0.3) is 0 Å². The van der Waals surface area contributed by atoms with Gasteiger partial charge in [0.1, 0.15) is 5.82 Å². The molecule has 2 amide bonds. The predicted molar refractivity (Wildman–Crippen MR) is 71.8 cm³/mol. The molecular weight excluding hydrogens is 271 g/mol. The van der Waals surface area contributed by atoms with Crippen LogP contribution in [0.15, 0.2) is 18.2 Å². The van der Waals surface area contributed by atoms with Crippen molar-refractivity contribution in [1.29, 1.82) is 0 Å². The van der Waals surface area contributed by atoms with Crippen LogP contribution in [-0.4, -0.2) is 35.7 Å². The lowest BCUT2D eigenvalue weighted by molar-refractivity contribution is 0.117. The number of rotatable bonds is 4. The summed E-state index contributed by atoms with van der Waals surface area (Å²) < 4.78 is 13.0. The van der Waals surface area contributed by atoms with Crippen LogP contribution in [0.1, 0.15) is 12.8 Å². The normalized spacial score (nSPS) is 16.0. The molecule has 1 atom stereocenters. The number of benzene rings is 1. The maximum absolute atomic E-state index is 13.0. The van der Waals surface area contributed by atoms with Crippen LogP contribution in [0.25, 0.3) is 0 Å². The van der Waals surface area contributed by atoms with Crippen molar-refractivity contribution in [1.82, 2.24) is 4.90 Å². The number of halogens is 2. The van der Waals surface area contributed by atoms with Gasteiger partial charge in [-0.25, -0.2) is 9.18 Å². The number of hydrogen-bond donors (Lipinski definition) is 2. The van der Waals surface area contributed by atoms with Gasteiger partial charge in [-0.3, -0.25) is 0 Å². The SMILES string of the molecule is CN(CC(O)C1CC1)C(=O)Nc1ccc(F)c(Cl)c1. The Kier molecular flexibility index (Phi) is 4.27. The molecule has 0 bridgehead atoms. The number of aliphatic hydroxyl groups is 1. The Hall–Kier alpha value is -1.33. The van der Waals surface area contributed by atoms with Gasteiger partial charge in [-0.15, -0.1) is 0 Å². The lowest BCUT2D eigenvalue weighted by atomic mass is 10.2. The fourth-order valence-electron chi connectivity index (χ4n) is 1.79. The molecule has 19 heavy (non-hydrogen) atoms. The highest BCUT2D eigenvalue weighted by molar-refractivity contribution is 6.31. The average Bonchev–Trinajstić information content (AvgIpc) is 3.17. The molecule has 0 spiro atoms. The molecule has 0 heterocycles. The van der Waals surface area contributed by atoms with E-state index in [0.717, 1.165) is 12.8 Å². The molecule has 1 unspecified atom stereocenters. The number of nitrogens with one attached hydrogen (secondary N) is 1. The number of hydrogen-bond acceptors (Lipinski definition) is 2. The molecule has 4 nitrogen and oxygen atoms in total. The number of anilines is 1. The van der Waals surface area contributed by atoms with Crippen molar-refractivity contribution in [3.8, 4) is 0 Å². The number of nitrogens with zero attached hydrogens (tertiary/aromatic N) is 1. The zero-order valence-electron chi connectivity index (χ0n) is 10.6. The summed E-state index contributed by atoms with van der Waals surface area (Å²) in [5, 5.41) is 12.3. The topological polar surface area (TPSA) is 52.6 Å². The van der Waals surface area contributed by atoms with E-state index in [2.05, 4.69) is 5.32 Å². The summed E-state index contributed by atoms with van der Waals surface area (Å²) in [6.45, 7) is 0.283. The Morgan fingerprint density at radius 2 is 2.32 bits per heavy atom. The second-order valence-electron chi connectivity index (χ2n) is 4.84. The highest BCUT2D eigenvalue weighted by Gasteiger charge is 2.31. The first-order chi connectivity index (χ1) is 8.97. The summed E-state index contributed by atoms with van der Waals surface area (Å²) in [7, 11) is 1.60. The van der Waals surface area contributed by atoms with Crippen molar-refractivity contribution < 1.29 is 14.3 Å². The minimum absolute atomic E-state index is 0.0431. The van der Waals surface area contributed by atoms with Gasteiger partial charge in [-0.05, 0) is 37.0 Å². The van der Waals surface area contributed by atoms with E-state index < -0.39 is 11.9 Å². The molecule has 2 N–H and O–H groups in total. The van der Waals surface area contributed by atoms with Crippen LogP contribution in [0.5, 0.6) is 0 Å². The highest BCUT2D eigenvalue weighted by atomic mass is 35.5. The monoisotopic (exact) mass is 286 g/mol. The molecule has 0 radical (unpaired) electrons. The fourth-order valence-corrected chi connectivity index (χ4v) is 1.97. The van der Waals surface area contributed by atoms with Crippen molar-refractivity contribution in [3.63, 3.8) is 0 Å². The molecule has 1 saturated carbocycles. The van der Waals surface area contributed by atoms with E-state index in [4.69, 9.17) is 11.6 Å². The maximum atomic E-state index is 13.0. The van der Waals surface area contributed by atoms with Gasteiger partial charge in [0.05, 0.1) is 11.1 Å². The summed E-state index contributed by atoms with van der Waals surface area (Å²) in [4.78, 5) is 13.3. The number of carbonyl (C=O) groups excluding carboxylic acids is 1. The third-order valence-electron chi connectivity index (χ3n) is 3.14. The molecule has 0 aromatic heterocycles. The quantitative estimate of drug-likeness (QED) is 0.894. The van der Waals surface area contributed by atoms with Crippen LogP contribution >= 0.6 is 11.6 Å². The van der Waals surface area contributed by atoms with Gasteiger partial charge in [0.2, 0.25) is 0 Å². The van der Waals surface area contributed by atoms with Gasteiger partial charge < -0.3 is 15.3 Å². The van der Waals surface area contributed by atoms with Crippen LogP contribution < -0.4 is 5.32 Å². The average molecular weight is 287 g/mol. The number of aliphatic hydroxyl groups excluding tert-OH is 1. The van der Waals surface area contributed by atoms with Gasteiger partial charge in [0, 0.05) is 19.3 Å². The maximum Gasteiger partial charge on any atom is 0.321 e. The summed E-state index contributed by atoms with van der Waals surface area (Å²) >= 11 is 5.63. The van der Waals surface area contributed by atoms with Gasteiger partial charge >= 0.3 is 6.03 Å². The Morgan fingerprint density at radius 1 is 1.63 bits per heavy atom. The summed E-state index contributed by atoms with van der Waals surface area (Å²) in [5.41, 5.74) is 0.421. The van der Waals surface area contributed by atoms with Gasteiger partial charge in [0.15, 0.2) is 0 Å². The summed E-state index contributed by atoms with van der Waals surface area (Å²) in [5.74, 6) is -0.215. The van der Waals surface area contributed by atoms with E-state index >= 15 is 0 Å². The number of amides is 2. The lowest BCUT2D eigenvalue weighted by Gasteiger charge is -2.21. The zero-order chi connectivity index (χ0) is 14.0. The van der Waals surface area contributed by atoms with Crippen LogP contribution in [-0.2, 0) is 0 Å². The van der Waals surface area contributed by atoms with Gasteiger partial charge in [-0.2, -0.15) is 0 Å². The number of carbonyl (C=O) groups is 1. The Labute approximate surface area is 116 Å². The van der Waals surface area contributed by atoms with E-state index in [1.54, 1.807) is 7.05 Å². The first-order valence-electron chi connectivity index (χ1n) is 6.12. The minimum atomic E-state index is -0.530. The molecule has 104 valence electrons. The van der Waals surface area contributed by atoms with Crippen LogP contribution in [0.2, 0.25) is 5.02 Å². The highest BCUT2D eigenvalue weighted by Crippen LogP contribution is 2.32. The molecule has 1 aliphatic carbocycles. The second-order valence-corrected chi connectivity index (χ2v) is 5.25. The largest absolute Gasteiger partial charge is 0.391 e. The van der Waals surface area contributed by atoms with Crippen LogP contribution in [0.3, 0.4) is 0 Å². The summed E-state index contributed by atoms with van der Waals surface area (Å²) in [6.07, 6.45) is 1.56. The standard InChI is InChI=1S/C13H16ClFN2O2/c1-17(7-12(18)8-2-3-8)13(19)16-9-4-5-11(15)10(14)6-9/h4-6,8,12,18H,2-3,7H2,1H3,(H,16,19). The predicted octanol–water partition coefficient (Wildman–Crippen LogP) is 2.71. The third kappa shape index (κ3) is 3.81. The number of likely N-dealkylation sites (N-methyl/N-ethyl adjacent to an activating group) is 1. The third-order valence-corrected chi connectivity index (χ3v) is 3.43. The minimum Gasteiger partial charge on any atom is -0.391 e. The molecule has 1 aliphatic rings. The summed E-state index contributed by atoms with van der Waals surface area (Å²) in [6, 6.07) is 3.61.